The maximum atomic E-state index is 12.4. The number of nitrogens with one attached hydrogen (secondary N) is 1. The Kier molecular flexibility index (Phi) is 3.22. The molecule has 0 aromatic carbocycles. The van der Waals surface area contributed by atoms with Crippen molar-refractivity contribution in [3.05, 3.63) is 0 Å². The van der Waals surface area contributed by atoms with Gasteiger partial charge in [-0.05, 0) is 37.5 Å². The molecule has 0 saturated heterocycles. The summed E-state index contributed by atoms with van der Waals surface area (Å²) in [6.07, 6.45) is 10.1. The van der Waals surface area contributed by atoms with Crippen molar-refractivity contribution in [2.24, 2.45) is 17.8 Å². The van der Waals surface area contributed by atoms with Crippen LogP contribution in [0.5, 0.6) is 0 Å². The summed E-state index contributed by atoms with van der Waals surface area (Å²) in [4.78, 5) is 12.4. The molecule has 1 N–H and O–H groups in total. The lowest BCUT2D eigenvalue weighted by atomic mass is 10.00. The van der Waals surface area contributed by atoms with Gasteiger partial charge in [-0.2, -0.15) is 0 Å². The normalized spacial score (nSPS) is 38.5. The lowest BCUT2D eigenvalue weighted by Gasteiger charge is -2.28. The highest BCUT2D eigenvalue weighted by Crippen LogP contribution is 2.55. The molecular weight excluding hydrogens is 278 g/mol. The van der Waals surface area contributed by atoms with Crippen LogP contribution in [0.4, 0.5) is 0 Å². The highest BCUT2D eigenvalue weighted by molar-refractivity contribution is 9.09. The minimum atomic E-state index is 0.0861. The van der Waals surface area contributed by atoms with Gasteiger partial charge in [0.2, 0.25) is 5.91 Å². The molecule has 96 valence electrons. The van der Waals surface area contributed by atoms with Gasteiger partial charge in [0.25, 0.3) is 0 Å². The molecule has 0 spiro atoms. The second-order valence-electron chi connectivity index (χ2n) is 6.25. The van der Waals surface area contributed by atoms with Crippen LogP contribution in [-0.4, -0.2) is 16.8 Å². The SMILES string of the molecule is O=C(NC1(CBr)CCCC1)C1C2CCCCC21. The van der Waals surface area contributed by atoms with Gasteiger partial charge in [-0.15, -0.1) is 0 Å². The summed E-state index contributed by atoms with van der Waals surface area (Å²) < 4.78 is 0. The zero-order chi connectivity index (χ0) is 11.9. The highest BCUT2D eigenvalue weighted by atomic mass is 79.9. The number of hydrogen-bond donors (Lipinski definition) is 1. The molecule has 2 nitrogen and oxygen atoms in total. The summed E-state index contributed by atoms with van der Waals surface area (Å²) in [5.74, 6) is 2.20. The average Bonchev–Trinajstić information content (AvgIpc) is 2.92. The summed E-state index contributed by atoms with van der Waals surface area (Å²) in [6.45, 7) is 0. The van der Waals surface area contributed by atoms with Gasteiger partial charge in [0, 0.05) is 16.8 Å². The van der Waals surface area contributed by atoms with Gasteiger partial charge in [-0.3, -0.25) is 4.79 Å². The first-order chi connectivity index (χ1) is 8.26. The van der Waals surface area contributed by atoms with Gasteiger partial charge in [0.1, 0.15) is 0 Å². The fraction of sp³-hybridized carbons (Fsp3) is 0.929. The number of rotatable bonds is 3. The van der Waals surface area contributed by atoms with E-state index in [0.717, 1.165) is 30.0 Å². The van der Waals surface area contributed by atoms with E-state index in [-0.39, 0.29) is 5.54 Å². The molecule has 0 aromatic rings. The molecule has 2 unspecified atom stereocenters. The smallest absolute Gasteiger partial charge is 0.224 e. The van der Waals surface area contributed by atoms with Crippen molar-refractivity contribution in [3.8, 4) is 0 Å². The van der Waals surface area contributed by atoms with Gasteiger partial charge in [0.05, 0.1) is 0 Å². The number of alkyl halides is 1. The average molecular weight is 300 g/mol. The first kappa shape index (κ1) is 12.0. The summed E-state index contributed by atoms with van der Waals surface area (Å²) in [7, 11) is 0. The standard InChI is InChI=1S/C14H22BrNO/c15-9-14(7-3-4-8-14)16-13(17)12-10-5-1-2-6-11(10)12/h10-12H,1-9H2,(H,16,17). The Morgan fingerprint density at radius 3 is 2.24 bits per heavy atom. The molecule has 3 aliphatic carbocycles. The molecule has 3 aliphatic rings. The number of hydrogen-bond acceptors (Lipinski definition) is 1. The van der Waals surface area contributed by atoms with Crippen LogP contribution < -0.4 is 5.32 Å². The first-order valence-electron chi connectivity index (χ1n) is 7.14. The van der Waals surface area contributed by atoms with Crippen molar-refractivity contribution in [1.29, 1.82) is 0 Å². The van der Waals surface area contributed by atoms with Crippen molar-refractivity contribution >= 4 is 21.8 Å². The molecule has 3 rings (SSSR count). The van der Waals surface area contributed by atoms with Crippen LogP contribution >= 0.6 is 15.9 Å². The maximum Gasteiger partial charge on any atom is 0.224 e. The van der Waals surface area contributed by atoms with Gasteiger partial charge in [-0.25, -0.2) is 0 Å². The molecule has 2 atom stereocenters. The van der Waals surface area contributed by atoms with E-state index in [0.29, 0.717) is 11.8 Å². The van der Waals surface area contributed by atoms with Gasteiger partial charge < -0.3 is 5.32 Å². The minimum absolute atomic E-state index is 0.0861. The van der Waals surface area contributed by atoms with E-state index in [1.165, 1.54) is 38.5 Å². The third-order valence-corrected chi connectivity index (χ3v) is 6.24. The third kappa shape index (κ3) is 2.16. The van der Waals surface area contributed by atoms with Gasteiger partial charge in [-0.1, -0.05) is 41.6 Å². The van der Waals surface area contributed by atoms with Crippen molar-refractivity contribution in [2.75, 3.05) is 5.33 Å². The third-order valence-electron chi connectivity index (χ3n) is 5.16. The van der Waals surface area contributed by atoms with Crippen LogP contribution in [0.2, 0.25) is 0 Å². The molecule has 0 radical (unpaired) electrons. The van der Waals surface area contributed by atoms with Crippen molar-refractivity contribution < 1.29 is 4.79 Å². The van der Waals surface area contributed by atoms with Gasteiger partial charge in [0.15, 0.2) is 0 Å². The number of carbonyl (C=O) groups excluding carboxylic acids is 1. The predicted molar refractivity (Wildman–Crippen MR) is 72.1 cm³/mol. The van der Waals surface area contributed by atoms with Crippen LogP contribution in [0.15, 0.2) is 0 Å². The minimum Gasteiger partial charge on any atom is -0.350 e. The largest absolute Gasteiger partial charge is 0.350 e. The number of fused-ring (bicyclic) bond motifs is 1. The Bertz CT molecular complexity index is 299. The van der Waals surface area contributed by atoms with Crippen LogP contribution in [0.25, 0.3) is 0 Å². The van der Waals surface area contributed by atoms with Gasteiger partial charge >= 0.3 is 0 Å². The lowest BCUT2D eigenvalue weighted by molar-refractivity contribution is -0.124. The highest BCUT2D eigenvalue weighted by Gasteiger charge is 2.55. The second kappa shape index (κ2) is 4.56. The Hall–Kier alpha value is -0.0500. The van der Waals surface area contributed by atoms with E-state index in [1.807, 2.05) is 0 Å². The fourth-order valence-corrected chi connectivity index (χ4v) is 4.77. The van der Waals surface area contributed by atoms with E-state index in [4.69, 9.17) is 0 Å². The van der Waals surface area contributed by atoms with Crippen molar-refractivity contribution in [1.82, 2.24) is 5.32 Å². The van der Waals surface area contributed by atoms with Crippen LogP contribution in [0.1, 0.15) is 51.4 Å². The molecule has 3 fully saturated rings. The molecular formula is C14H22BrNO. The molecule has 3 saturated carbocycles. The topological polar surface area (TPSA) is 29.1 Å². The molecule has 17 heavy (non-hydrogen) atoms. The molecule has 1 amide bonds. The predicted octanol–water partition coefficient (Wildman–Crippen LogP) is 3.25. The Balaban J connectivity index is 1.60. The fourth-order valence-electron chi connectivity index (χ4n) is 4.07. The Morgan fingerprint density at radius 2 is 1.71 bits per heavy atom. The monoisotopic (exact) mass is 299 g/mol. The molecule has 0 bridgehead atoms. The zero-order valence-electron chi connectivity index (χ0n) is 10.4. The Labute approximate surface area is 112 Å². The molecule has 0 heterocycles. The van der Waals surface area contributed by atoms with E-state index in [9.17, 15) is 4.79 Å². The lowest BCUT2D eigenvalue weighted by Crippen LogP contribution is -2.48. The van der Waals surface area contributed by atoms with Crippen LogP contribution in [0, 0.1) is 17.8 Å². The molecule has 0 aliphatic heterocycles. The second-order valence-corrected chi connectivity index (χ2v) is 6.81. The van der Waals surface area contributed by atoms with Crippen molar-refractivity contribution in [2.45, 2.75) is 56.9 Å². The zero-order valence-corrected chi connectivity index (χ0v) is 12.0. The first-order valence-corrected chi connectivity index (χ1v) is 8.26. The van der Waals surface area contributed by atoms with Crippen molar-refractivity contribution in [3.63, 3.8) is 0 Å². The van der Waals surface area contributed by atoms with E-state index >= 15 is 0 Å². The maximum absolute atomic E-state index is 12.4. The number of carbonyl (C=O) groups is 1. The molecule has 3 heteroatoms. The Morgan fingerprint density at radius 1 is 1.12 bits per heavy atom. The van der Waals surface area contributed by atoms with Crippen LogP contribution in [-0.2, 0) is 4.79 Å². The van der Waals surface area contributed by atoms with Crippen LogP contribution in [0.3, 0.4) is 0 Å². The quantitative estimate of drug-likeness (QED) is 0.797. The van der Waals surface area contributed by atoms with E-state index in [2.05, 4.69) is 21.2 Å². The number of amides is 1. The number of halogens is 1. The summed E-state index contributed by atoms with van der Waals surface area (Å²) in [6, 6.07) is 0. The summed E-state index contributed by atoms with van der Waals surface area (Å²) in [5, 5.41) is 4.30. The summed E-state index contributed by atoms with van der Waals surface area (Å²) >= 11 is 3.59. The summed E-state index contributed by atoms with van der Waals surface area (Å²) in [5.41, 5.74) is 0.0861. The van der Waals surface area contributed by atoms with E-state index < -0.39 is 0 Å². The molecule has 0 aromatic heterocycles. The van der Waals surface area contributed by atoms with E-state index in [1.54, 1.807) is 0 Å².